The van der Waals surface area contributed by atoms with Gasteiger partial charge in [-0.25, -0.2) is 0 Å². The molecule has 1 aromatic heterocycles. The monoisotopic (exact) mass is 253 g/mol. The topological polar surface area (TPSA) is 25.2 Å². The molecule has 0 aliphatic rings. The highest BCUT2D eigenvalue weighted by atomic mass is 35.5. The largest absolute Gasteiger partial charge is 0.506 e. The van der Waals surface area contributed by atoms with Crippen molar-refractivity contribution in [2.75, 3.05) is 0 Å². The summed E-state index contributed by atoms with van der Waals surface area (Å²) in [7, 11) is 1.90. The molecule has 4 heteroatoms. The molecule has 1 N–H and O–H groups in total. The number of hydrogen-bond donors (Lipinski definition) is 1. The molecule has 2 nitrogen and oxygen atoms in total. The average molecular weight is 254 g/mol. The van der Waals surface area contributed by atoms with Crippen LogP contribution in [0.4, 0.5) is 0 Å². The van der Waals surface area contributed by atoms with E-state index >= 15 is 0 Å². The van der Waals surface area contributed by atoms with E-state index in [-0.39, 0.29) is 0 Å². The van der Waals surface area contributed by atoms with Gasteiger partial charge in [0.05, 0.1) is 0 Å². The first-order valence-corrected chi connectivity index (χ1v) is 6.23. The molecule has 0 bridgehead atoms. The molecular formula is C12H12ClNOS. The van der Waals surface area contributed by atoms with Gasteiger partial charge in [-0.3, -0.25) is 0 Å². The van der Waals surface area contributed by atoms with Crippen molar-refractivity contribution >= 4 is 23.4 Å². The standard InChI is InChI=1S/C12H12ClNOS/c1-14-6-9(12(15)7-14)8-16-11-4-2-3-10(13)5-11/h2-7,15H,8H2,1H3. The predicted molar refractivity (Wildman–Crippen MR) is 68.1 cm³/mol. The molecule has 0 radical (unpaired) electrons. The summed E-state index contributed by atoms with van der Waals surface area (Å²) < 4.78 is 1.85. The second-order valence-corrected chi connectivity index (χ2v) is 5.07. The minimum atomic E-state index is 0.344. The number of rotatable bonds is 3. The molecule has 1 heterocycles. The van der Waals surface area contributed by atoms with Crippen molar-refractivity contribution in [3.05, 3.63) is 47.2 Å². The Morgan fingerprint density at radius 3 is 2.81 bits per heavy atom. The van der Waals surface area contributed by atoms with E-state index in [4.69, 9.17) is 11.6 Å². The van der Waals surface area contributed by atoms with E-state index in [0.717, 1.165) is 21.2 Å². The van der Waals surface area contributed by atoms with Crippen LogP contribution >= 0.6 is 23.4 Å². The van der Waals surface area contributed by atoms with Gasteiger partial charge in [0.15, 0.2) is 0 Å². The lowest BCUT2D eigenvalue weighted by Crippen LogP contribution is -1.80. The van der Waals surface area contributed by atoms with E-state index in [1.54, 1.807) is 18.0 Å². The van der Waals surface area contributed by atoms with Gasteiger partial charge < -0.3 is 9.67 Å². The maximum absolute atomic E-state index is 9.60. The minimum absolute atomic E-state index is 0.344. The summed E-state index contributed by atoms with van der Waals surface area (Å²) in [5.74, 6) is 1.09. The summed E-state index contributed by atoms with van der Waals surface area (Å²) in [5, 5.41) is 10.3. The van der Waals surface area contributed by atoms with Crippen LogP contribution in [0.5, 0.6) is 5.75 Å². The molecule has 0 spiro atoms. The number of benzene rings is 1. The van der Waals surface area contributed by atoms with E-state index in [1.165, 1.54) is 0 Å². The van der Waals surface area contributed by atoms with Crippen molar-refractivity contribution in [3.8, 4) is 5.75 Å². The van der Waals surface area contributed by atoms with Crippen LogP contribution in [-0.4, -0.2) is 9.67 Å². The van der Waals surface area contributed by atoms with Crippen molar-refractivity contribution in [1.29, 1.82) is 0 Å². The fourth-order valence-corrected chi connectivity index (χ4v) is 2.64. The average Bonchev–Trinajstić information content (AvgIpc) is 2.54. The Kier molecular flexibility index (Phi) is 3.46. The third-order valence-electron chi connectivity index (χ3n) is 2.20. The quantitative estimate of drug-likeness (QED) is 0.845. The Morgan fingerprint density at radius 2 is 2.19 bits per heavy atom. The van der Waals surface area contributed by atoms with Gasteiger partial charge in [-0.1, -0.05) is 17.7 Å². The first kappa shape index (κ1) is 11.4. The fourth-order valence-electron chi connectivity index (χ4n) is 1.45. The molecule has 0 saturated heterocycles. The number of aromatic hydroxyl groups is 1. The molecule has 84 valence electrons. The Balaban J connectivity index is 2.05. The number of aryl methyl sites for hydroxylation is 1. The number of halogens is 1. The van der Waals surface area contributed by atoms with Gasteiger partial charge in [-0.05, 0) is 18.2 Å². The Morgan fingerprint density at radius 1 is 1.38 bits per heavy atom. The van der Waals surface area contributed by atoms with Crippen LogP contribution in [0.2, 0.25) is 5.02 Å². The van der Waals surface area contributed by atoms with Gasteiger partial charge in [0.1, 0.15) is 5.75 Å². The molecule has 0 unspecified atom stereocenters. The number of hydrogen-bond acceptors (Lipinski definition) is 2. The molecule has 0 fully saturated rings. The number of nitrogens with zero attached hydrogens (tertiary/aromatic N) is 1. The molecular weight excluding hydrogens is 242 g/mol. The zero-order valence-electron chi connectivity index (χ0n) is 8.85. The SMILES string of the molecule is Cn1cc(O)c(CSc2cccc(Cl)c2)c1. The third kappa shape index (κ3) is 2.74. The van der Waals surface area contributed by atoms with Crippen molar-refractivity contribution in [2.45, 2.75) is 10.6 Å². The van der Waals surface area contributed by atoms with Crippen LogP contribution in [0.25, 0.3) is 0 Å². The molecule has 16 heavy (non-hydrogen) atoms. The number of aromatic nitrogens is 1. The lowest BCUT2D eigenvalue weighted by Gasteiger charge is -2.01. The summed E-state index contributed by atoms with van der Waals surface area (Å²) >= 11 is 7.55. The summed E-state index contributed by atoms with van der Waals surface area (Å²) in [6.45, 7) is 0. The van der Waals surface area contributed by atoms with E-state index in [9.17, 15) is 5.11 Å². The maximum atomic E-state index is 9.60. The van der Waals surface area contributed by atoms with Gasteiger partial charge in [0, 0.05) is 40.7 Å². The van der Waals surface area contributed by atoms with Crippen LogP contribution in [0.15, 0.2) is 41.6 Å². The molecule has 2 rings (SSSR count). The van der Waals surface area contributed by atoms with Gasteiger partial charge >= 0.3 is 0 Å². The highest BCUT2D eigenvalue weighted by Crippen LogP contribution is 2.28. The van der Waals surface area contributed by atoms with Crippen LogP contribution in [0.3, 0.4) is 0 Å². The summed E-state index contributed by atoms with van der Waals surface area (Å²) in [4.78, 5) is 1.11. The van der Waals surface area contributed by atoms with E-state index in [2.05, 4.69) is 0 Å². The highest BCUT2D eigenvalue weighted by Gasteiger charge is 2.04. The van der Waals surface area contributed by atoms with E-state index < -0.39 is 0 Å². The lowest BCUT2D eigenvalue weighted by atomic mass is 10.4. The van der Waals surface area contributed by atoms with Crippen molar-refractivity contribution in [3.63, 3.8) is 0 Å². The van der Waals surface area contributed by atoms with Gasteiger partial charge in [-0.15, -0.1) is 11.8 Å². The fraction of sp³-hybridized carbons (Fsp3) is 0.167. The summed E-state index contributed by atoms with van der Waals surface area (Å²) in [6.07, 6.45) is 3.63. The Labute approximate surface area is 104 Å². The van der Waals surface area contributed by atoms with Gasteiger partial charge in [0.25, 0.3) is 0 Å². The van der Waals surface area contributed by atoms with Gasteiger partial charge in [0.2, 0.25) is 0 Å². The lowest BCUT2D eigenvalue weighted by molar-refractivity contribution is 0.470. The summed E-state index contributed by atoms with van der Waals surface area (Å²) in [5.41, 5.74) is 0.937. The van der Waals surface area contributed by atoms with Crippen molar-refractivity contribution < 1.29 is 5.11 Å². The minimum Gasteiger partial charge on any atom is -0.506 e. The number of thioether (sulfide) groups is 1. The smallest absolute Gasteiger partial charge is 0.137 e. The Bertz CT molecular complexity index is 496. The van der Waals surface area contributed by atoms with E-state index in [0.29, 0.717) is 5.75 Å². The van der Waals surface area contributed by atoms with Crippen LogP contribution in [0, 0.1) is 0 Å². The first-order chi connectivity index (χ1) is 7.65. The van der Waals surface area contributed by atoms with Crippen LogP contribution in [0.1, 0.15) is 5.56 Å². The Hall–Kier alpha value is -1.06. The molecule has 0 saturated carbocycles. The zero-order valence-corrected chi connectivity index (χ0v) is 10.4. The van der Waals surface area contributed by atoms with Crippen molar-refractivity contribution in [1.82, 2.24) is 4.57 Å². The maximum Gasteiger partial charge on any atom is 0.137 e. The van der Waals surface area contributed by atoms with Crippen LogP contribution in [-0.2, 0) is 12.8 Å². The molecule has 1 aromatic carbocycles. The second kappa shape index (κ2) is 4.85. The molecule has 2 aromatic rings. The van der Waals surface area contributed by atoms with Crippen LogP contribution < -0.4 is 0 Å². The third-order valence-corrected chi connectivity index (χ3v) is 3.48. The molecule has 0 amide bonds. The zero-order chi connectivity index (χ0) is 11.5. The van der Waals surface area contributed by atoms with Gasteiger partial charge in [-0.2, -0.15) is 0 Å². The predicted octanol–water partition coefficient (Wildman–Crippen LogP) is 3.68. The van der Waals surface area contributed by atoms with E-state index in [1.807, 2.05) is 42.1 Å². The molecule has 0 aliphatic carbocycles. The van der Waals surface area contributed by atoms with Crippen molar-refractivity contribution in [2.24, 2.45) is 7.05 Å². The normalized spacial score (nSPS) is 10.6. The highest BCUT2D eigenvalue weighted by molar-refractivity contribution is 7.98. The molecule has 0 atom stereocenters. The second-order valence-electron chi connectivity index (χ2n) is 3.58. The summed E-state index contributed by atoms with van der Waals surface area (Å²) in [6, 6.07) is 7.71. The first-order valence-electron chi connectivity index (χ1n) is 4.87. The molecule has 0 aliphatic heterocycles.